The molecule has 0 bridgehead atoms. The van der Waals surface area contributed by atoms with Crippen LogP contribution in [0, 0.1) is 5.92 Å². The fourth-order valence-electron chi connectivity index (χ4n) is 7.23. The van der Waals surface area contributed by atoms with Crippen molar-refractivity contribution in [2.45, 2.75) is 121 Å². The summed E-state index contributed by atoms with van der Waals surface area (Å²) in [5.74, 6) is 0.113. The molecular weight excluding hydrogens is 588 g/mol. The van der Waals surface area contributed by atoms with Crippen molar-refractivity contribution in [3.63, 3.8) is 0 Å². The molecule has 0 spiro atoms. The summed E-state index contributed by atoms with van der Waals surface area (Å²) < 4.78 is 6.33. The molecule has 0 aromatic heterocycles. The summed E-state index contributed by atoms with van der Waals surface area (Å²) in [6, 6.07) is 7.46. The first kappa shape index (κ1) is 36.5. The topological polar surface area (TPSA) is 176 Å². The third-order valence-electron chi connectivity index (χ3n) is 9.97. The third kappa shape index (κ3) is 8.01. The minimum Gasteiger partial charge on any atom is -0.387 e. The predicted molar refractivity (Wildman–Crippen MR) is 178 cm³/mol. The van der Waals surface area contributed by atoms with Gasteiger partial charge in [0.25, 0.3) is 0 Å². The summed E-state index contributed by atoms with van der Waals surface area (Å²) >= 11 is 0. The van der Waals surface area contributed by atoms with Gasteiger partial charge in [-0.2, -0.15) is 0 Å². The van der Waals surface area contributed by atoms with Crippen LogP contribution in [0.25, 0.3) is 0 Å². The first-order chi connectivity index (χ1) is 21.8. The van der Waals surface area contributed by atoms with Crippen LogP contribution >= 0.6 is 0 Å². The Labute approximate surface area is 274 Å². The Balaban J connectivity index is 1.31. The number of aliphatic hydroxyl groups is 2. The molecule has 260 valence electrons. The second-order valence-electron chi connectivity index (χ2n) is 14.1. The number of nitrogens with zero attached hydrogens (tertiary/aromatic N) is 2. The smallest absolute Gasteiger partial charge is 0.319 e. The van der Waals surface area contributed by atoms with E-state index in [0.29, 0.717) is 38.5 Å². The Bertz CT molecular complexity index is 1150. The molecule has 1 aromatic carbocycles. The van der Waals surface area contributed by atoms with Crippen LogP contribution in [0.4, 0.5) is 10.5 Å². The second-order valence-corrected chi connectivity index (χ2v) is 14.1. The van der Waals surface area contributed by atoms with Gasteiger partial charge in [-0.05, 0) is 41.9 Å². The number of unbranched alkanes of at least 4 members (excludes halogenated alkanes) is 1. The summed E-state index contributed by atoms with van der Waals surface area (Å²) in [6.45, 7) is 14.0. The summed E-state index contributed by atoms with van der Waals surface area (Å²) in [5, 5.41) is 38.5. The van der Waals surface area contributed by atoms with E-state index in [1.807, 2.05) is 29.2 Å². The highest BCUT2D eigenvalue weighted by Crippen LogP contribution is 2.40. The quantitative estimate of drug-likeness (QED) is 0.146. The summed E-state index contributed by atoms with van der Waals surface area (Å²) in [4.78, 5) is 28.6. The van der Waals surface area contributed by atoms with Gasteiger partial charge in [0.2, 0.25) is 5.91 Å². The van der Waals surface area contributed by atoms with Gasteiger partial charge in [0.1, 0.15) is 24.5 Å². The molecule has 0 radical (unpaired) electrons. The molecule has 3 amide bonds. The van der Waals surface area contributed by atoms with Gasteiger partial charge in [0.15, 0.2) is 0 Å². The largest absolute Gasteiger partial charge is 0.387 e. The number of urea groups is 1. The van der Waals surface area contributed by atoms with Crippen LogP contribution in [0.5, 0.6) is 0 Å². The molecule has 8 atom stereocenters. The van der Waals surface area contributed by atoms with Crippen molar-refractivity contribution < 1.29 is 24.5 Å². The molecule has 3 fully saturated rings. The second kappa shape index (κ2) is 15.7. The standard InChI is InChI=1S/C33H58N8O5/c1-7-9-11-22(8-2)33-29(34)36-19-37-30(33)41(20-38-33)28-27(44)26(43)25(46-28)18-40(21(3)42)17-10-16-35-31(45)39-24-14-12-23(13-15-24)32(4,5)6/h12-15,22,25-30,36-38,43-44H,7-11,16-20,34H2,1-6H3,(H2,35,39,45). The van der Waals surface area contributed by atoms with Crippen molar-refractivity contribution in [1.29, 1.82) is 0 Å². The van der Waals surface area contributed by atoms with Gasteiger partial charge in [-0.3, -0.25) is 20.7 Å². The van der Waals surface area contributed by atoms with Crippen molar-refractivity contribution in [3.8, 4) is 0 Å². The van der Waals surface area contributed by atoms with Crippen molar-refractivity contribution in [2.75, 3.05) is 38.3 Å². The number of ether oxygens (including phenoxy) is 1. The van der Waals surface area contributed by atoms with Crippen molar-refractivity contribution in [2.24, 2.45) is 11.7 Å². The number of amides is 3. The molecule has 0 aliphatic carbocycles. The van der Waals surface area contributed by atoms with Crippen LogP contribution in [-0.2, 0) is 14.9 Å². The molecule has 3 heterocycles. The normalized spacial score (nSPS) is 30.5. The molecule has 1 aromatic rings. The van der Waals surface area contributed by atoms with E-state index in [2.05, 4.69) is 61.2 Å². The Morgan fingerprint density at radius 1 is 1.15 bits per heavy atom. The molecule has 46 heavy (non-hydrogen) atoms. The molecule has 3 aliphatic rings. The highest BCUT2D eigenvalue weighted by Gasteiger charge is 2.60. The van der Waals surface area contributed by atoms with Gasteiger partial charge in [0, 0.05) is 38.9 Å². The zero-order valence-electron chi connectivity index (χ0n) is 28.5. The van der Waals surface area contributed by atoms with E-state index in [9.17, 15) is 19.8 Å². The molecule has 8 unspecified atom stereocenters. The van der Waals surface area contributed by atoms with Crippen LogP contribution in [0.3, 0.4) is 0 Å². The number of carbonyl (C=O) groups is 2. The maximum atomic E-state index is 12.6. The van der Waals surface area contributed by atoms with E-state index in [1.54, 1.807) is 4.90 Å². The number of rotatable bonds is 13. The maximum absolute atomic E-state index is 12.6. The van der Waals surface area contributed by atoms with E-state index in [1.165, 1.54) is 12.5 Å². The van der Waals surface area contributed by atoms with E-state index in [-0.39, 0.29) is 42.1 Å². The zero-order valence-corrected chi connectivity index (χ0v) is 28.5. The minimum atomic E-state index is -1.17. The molecule has 13 heteroatoms. The lowest BCUT2D eigenvalue weighted by molar-refractivity contribution is -0.135. The van der Waals surface area contributed by atoms with Gasteiger partial charge in [-0.25, -0.2) is 9.69 Å². The number of aliphatic hydroxyl groups excluding tert-OH is 2. The van der Waals surface area contributed by atoms with Crippen LogP contribution in [0.15, 0.2) is 24.3 Å². The lowest BCUT2D eigenvalue weighted by Crippen LogP contribution is -2.78. The van der Waals surface area contributed by atoms with Crippen LogP contribution in [-0.4, -0.2) is 107 Å². The predicted octanol–water partition coefficient (Wildman–Crippen LogP) is 1.37. The number of benzene rings is 1. The first-order valence-corrected chi connectivity index (χ1v) is 17.0. The molecule has 9 N–H and O–H groups in total. The van der Waals surface area contributed by atoms with E-state index < -0.39 is 30.1 Å². The van der Waals surface area contributed by atoms with Gasteiger partial charge >= 0.3 is 6.03 Å². The molecular formula is C33H58N8O5. The lowest BCUT2D eigenvalue weighted by Gasteiger charge is -2.51. The molecule has 4 rings (SSSR count). The number of nitrogens with two attached hydrogens (primary N) is 1. The van der Waals surface area contributed by atoms with Crippen LogP contribution in [0.1, 0.15) is 79.2 Å². The molecule has 0 saturated carbocycles. The highest BCUT2D eigenvalue weighted by molar-refractivity contribution is 5.89. The van der Waals surface area contributed by atoms with Gasteiger partial charge in [-0.15, -0.1) is 0 Å². The number of fused-ring (bicyclic) bond motifs is 1. The minimum absolute atomic E-state index is 0.0316. The Morgan fingerprint density at radius 2 is 1.87 bits per heavy atom. The van der Waals surface area contributed by atoms with Crippen LogP contribution < -0.4 is 32.3 Å². The lowest BCUT2D eigenvalue weighted by atomic mass is 9.74. The Hall–Kier alpha value is -2.36. The average Bonchev–Trinajstić information content (AvgIpc) is 3.53. The van der Waals surface area contributed by atoms with E-state index in [0.717, 1.165) is 25.7 Å². The SMILES string of the molecule is CCCCC(CC)C12NCN(C3OC(CN(CCCNC(=O)Nc4ccc(C(C)(C)C)cc4)C(C)=O)C(O)C3O)C1NCNC2N. The average molecular weight is 647 g/mol. The third-order valence-corrected chi connectivity index (χ3v) is 9.97. The number of carbonyl (C=O) groups excluding carboxylic acids is 2. The number of hydrogen-bond donors (Lipinski definition) is 8. The molecule has 3 saturated heterocycles. The monoisotopic (exact) mass is 646 g/mol. The highest BCUT2D eigenvalue weighted by atomic mass is 16.6. The number of nitrogens with one attached hydrogen (secondary N) is 5. The van der Waals surface area contributed by atoms with Crippen LogP contribution in [0.2, 0.25) is 0 Å². The fraction of sp³-hybridized carbons (Fsp3) is 0.758. The molecule has 13 nitrogen and oxygen atoms in total. The number of hydrogen-bond acceptors (Lipinski definition) is 10. The molecule has 3 aliphatic heterocycles. The summed E-state index contributed by atoms with van der Waals surface area (Å²) in [5.41, 5.74) is 8.16. The summed E-state index contributed by atoms with van der Waals surface area (Å²) in [6.07, 6.45) is 0.261. The first-order valence-electron chi connectivity index (χ1n) is 17.0. The van der Waals surface area contributed by atoms with Crippen molar-refractivity contribution in [3.05, 3.63) is 29.8 Å². The Kier molecular flexibility index (Phi) is 12.4. The van der Waals surface area contributed by atoms with Gasteiger partial charge < -0.3 is 36.2 Å². The summed E-state index contributed by atoms with van der Waals surface area (Å²) in [7, 11) is 0. The number of anilines is 1. The van der Waals surface area contributed by atoms with E-state index in [4.69, 9.17) is 10.5 Å². The van der Waals surface area contributed by atoms with E-state index >= 15 is 0 Å². The van der Waals surface area contributed by atoms with Gasteiger partial charge in [0.05, 0.1) is 24.5 Å². The fourth-order valence-corrected chi connectivity index (χ4v) is 7.23. The maximum Gasteiger partial charge on any atom is 0.319 e. The zero-order chi connectivity index (χ0) is 33.6. The Morgan fingerprint density at radius 3 is 2.50 bits per heavy atom. The van der Waals surface area contributed by atoms with Crippen molar-refractivity contribution in [1.82, 2.24) is 31.1 Å². The van der Waals surface area contributed by atoms with Gasteiger partial charge in [-0.1, -0.05) is 66.0 Å². The van der Waals surface area contributed by atoms with Crippen molar-refractivity contribution >= 4 is 17.6 Å².